The second-order valence-electron chi connectivity index (χ2n) is 18.8. The molecule has 8 aliphatic carbocycles. The predicted octanol–water partition coefficient (Wildman–Crippen LogP) is 10.7. The van der Waals surface area contributed by atoms with Crippen molar-refractivity contribution >= 4 is 17.2 Å². The van der Waals surface area contributed by atoms with Crippen LogP contribution in [0.5, 0.6) is 0 Å². The number of nitrogens with one attached hydrogen (secondary N) is 2. The van der Waals surface area contributed by atoms with Gasteiger partial charge in [0.1, 0.15) is 0 Å². The molecule has 10 aliphatic rings. The summed E-state index contributed by atoms with van der Waals surface area (Å²) in [6, 6.07) is 28.0. The summed E-state index contributed by atoms with van der Waals surface area (Å²) < 4.78 is 0. The Morgan fingerprint density at radius 3 is 1.51 bits per heavy atom. The molecule has 0 spiro atoms. The normalized spacial score (nSPS) is 40.4. The van der Waals surface area contributed by atoms with E-state index in [1.165, 1.54) is 56.1 Å². The van der Waals surface area contributed by atoms with Crippen molar-refractivity contribution in [1.82, 2.24) is 10.6 Å². The van der Waals surface area contributed by atoms with Gasteiger partial charge in [0, 0.05) is 29.2 Å². The first-order chi connectivity index (χ1) is 24.6. The van der Waals surface area contributed by atoms with Gasteiger partial charge in [-0.1, -0.05) is 43.8 Å². The summed E-state index contributed by atoms with van der Waals surface area (Å²) in [5.41, 5.74) is 8.53. The van der Waals surface area contributed by atoms with Gasteiger partial charge in [-0.05, 0) is 173 Å². The molecule has 0 amide bonds. The van der Waals surface area contributed by atoms with Gasteiger partial charge in [-0.3, -0.25) is 0 Å². The zero-order valence-corrected chi connectivity index (χ0v) is 33.9. The Hall–Kier alpha value is -0.781. The molecule has 2 nitrogen and oxygen atoms in total. The summed E-state index contributed by atoms with van der Waals surface area (Å²) in [6.07, 6.45) is 22.6. The van der Waals surface area contributed by atoms with Gasteiger partial charge < -0.3 is 41.0 Å². The molecule has 0 aromatic heterocycles. The number of rotatable bonds is 8. The van der Waals surface area contributed by atoms with Gasteiger partial charge in [-0.25, -0.2) is 6.07 Å². The third kappa shape index (κ3) is 6.68. The molecule has 280 valence electrons. The Balaban J connectivity index is 0.000000537. The molecule has 2 saturated heterocycles. The fraction of sp³-hybridized carbons (Fsp3) is 0.652. The van der Waals surface area contributed by atoms with Gasteiger partial charge >= 0.3 is 0 Å². The second kappa shape index (κ2) is 15.0. The largest absolute Gasteiger partial charge is 0.748 e. The van der Waals surface area contributed by atoms with E-state index in [0.29, 0.717) is 12.1 Å². The summed E-state index contributed by atoms with van der Waals surface area (Å²) >= 11 is 0. The van der Waals surface area contributed by atoms with Crippen molar-refractivity contribution in [2.24, 2.45) is 47.3 Å². The molecule has 3 aromatic carbocycles. The average molecular weight is 761 g/mol. The van der Waals surface area contributed by atoms with Gasteiger partial charge in [0.05, 0.1) is 0 Å². The van der Waals surface area contributed by atoms with Crippen LogP contribution >= 0.6 is 17.2 Å². The van der Waals surface area contributed by atoms with E-state index in [0.717, 1.165) is 58.7 Å². The van der Waals surface area contributed by atoms with Crippen LogP contribution in [0.25, 0.3) is 11.1 Å². The van der Waals surface area contributed by atoms with Crippen LogP contribution in [0.1, 0.15) is 101 Å². The Morgan fingerprint density at radius 1 is 0.647 bits per heavy atom. The second-order valence-corrected chi connectivity index (χ2v) is 22.2. The van der Waals surface area contributed by atoms with E-state index in [-0.39, 0.29) is 30.1 Å². The van der Waals surface area contributed by atoms with Crippen LogP contribution < -0.4 is 10.6 Å². The van der Waals surface area contributed by atoms with Crippen LogP contribution in [0.3, 0.4) is 0 Å². The van der Waals surface area contributed by atoms with E-state index in [1.54, 1.807) is 75.3 Å². The summed E-state index contributed by atoms with van der Waals surface area (Å²) in [5.74, 6) is 8.57. The molecule has 8 saturated carbocycles. The van der Waals surface area contributed by atoms with Gasteiger partial charge in [-0.2, -0.15) is 17.2 Å². The summed E-state index contributed by atoms with van der Waals surface area (Å²) in [4.78, 5) is 0. The monoisotopic (exact) mass is 760 g/mol. The quantitative estimate of drug-likeness (QED) is 0.136. The fourth-order valence-corrected chi connectivity index (χ4v) is 19.9. The molecule has 3 aromatic rings. The minimum absolute atomic E-state index is 0. The molecule has 10 fully saturated rings. The van der Waals surface area contributed by atoms with Gasteiger partial charge in [0.15, 0.2) is 0 Å². The maximum absolute atomic E-state index is 4.06. The van der Waals surface area contributed by atoms with Crippen LogP contribution in [-0.2, 0) is 28.4 Å². The molecule has 2 aliphatic heterocycles. The molecular formula is C46H62FeN2P2-6. The van der Waals surface area contributed by atoms with Crippen molar-refractivity contribution < 1.29 is 17.1 Å². The van der Waals surface area contributed by atoms with Crippen molar-refractivity contribution in [1.29, 1.82) is 0 Å². The maximum Gasteiger partial charge on any atom is 0.0109 e. The molecular weight excluding hydrogens is 698 g/mol. The molecule has 13 rings (SSSR count). The average Bonchev–Trinajstić information content (AvgIpc) is 3.96. The topological polar surface area (TPSA) is 24.1 Å². The molecule has 0 radical (unpaired) electrons. The molecule has 5 heteroatoms. The summed E-state index contributed by atoms with van der Waals surface area (Å²) in [6.45, 7) is 2.37. The van der Waals surface area contributed by atoms with E-state index in [9.17, 15) is 0 Å². The van der Waals surface area contributed by atoms with E-state index in [2.05, 4.69) is 62.3 Å². The molecule has 2 heterocycles. The zero-order valence-electron chi connectivity index (χ0n) is 30.8. The van der Waals surface area contributed by atoms with Gasteiger partial charge in [-0.15, -0.1) is 14.8 Å². The van der Waals surface area contributed by atoms with Crippen molar-refractivity contribution in [2.45, 2.75) is 125 Å². The van der Waals surface area contributed by atoms with Crippen LogP contribution in [0.15, 0.2) is 72.8 Å². The molecule has 2 N–H and O–H groups in total. The van der Waals surface area contributed by atoms with E-state index in [1.807, 2.05) is 30.3 Å². The zero-order chi connectivity index (χ0) is 33.2. The Morgan fingerprint density at radius 2 is 1.10 bits per heavy atom. The van der Waals surface area contributed by atoms with Gasteiger partial charge in [0.25, 0.3) is 0 Å². The Kier molecular flexibility index (Phi) is 10.6. The van der Waals surface area contributed by atoms with Crippen LogP contribution in [0, 0.1) is 47.3 Å². The SMILES string of the molecule is PC([c-]1cc(-c2ccccc2)cc1CP(C1C2CC3CC(C2)CC1C3)C1C2CC3CC(C2)CC1C3)(C1CCCN1)C1CCCN1.[Fe].[cH-]1[cH-][cH-][cH-][cH-]1. The van der Waals surface area contributed by atoms with Crippen LogP contribution in [0.4, 0.5) is 0 Å². The third-order valence-electron chi connectivity index (χ3n) is 15.9. The van der Waals surface area contributed by atoms with Crippen molar-refractivity contribution in [2.75, 3.05) is 13.1 Å². The van der Waals surface area contributed by atoms with E-state index >= 15 is 0 Å². The maximum atomic E-state index is 4.06. The first-order valence-corrected chi connectivity index (χ1v) is 23.4. The fourth-order valence-electron chi connectivity index (χ4n) is 14.5. The summed E-state index contributed by atoms with van der Waals surface area (Å²) in [7, 11) is 3.54. The standard InChI is InChI=1S/C41H57N2P2.C5H5.Fe/c44-41(37-8-4-10-42-37,38-9-5-11-43-38)36-23-30(29-6-2-1-3-7-29)22-35(36)24-45(39-31-14-25-12-26(16-31)17-32(39)15-25)40-33-18-27-13-28(20-33)21-34(40)19-27;1-2-4-5-3-1;/h1-3,6-7,22-23,25-28,31-34,37-40,42-43H,4-5,8-21,24,44H2;1-5H;/q-1;-5;. The molecule has 3 atom stereocenters. The van der Waals surface area contributed by atoms with Crippen molar-refractivity contribution in [3.05, 3.63) is 83.9 Å². The number of benzene rings is 1. The molecule has 51 heavy (non-hydrogen) atoms. The Bertz CT molecular complexity index is 1440. The van der Waals surface area contributed by atoms with Crippen LogP contribution in [0.2, 0.25) is 0 Å². The molecule has 3 unspecified atom stereocenters. The van der Waals surface area contributed by atoms with Gasteiger partial charge in [0.2, 0.25) is 0 Å². The molecule has 8 bridgehead atoms. The number of hydrogen-bond acceptors (Lipinski definition) is 2. The van der Waals surface area contributed by atoms with E-state index in [4.69, 9.17) is 0 Å². The third-order valence-corrected chi connectivity index (χ3v) is 20.9. The summed E-state index contributed by atoms with van der Waals surface area (Å²) in [5, 5.41) is 8.19. The smallest absolute Gasteiger partial charge is 0.0109 e. The van der Waals surface area contributed by atoms with E-state index < -0.39 is 0 Å². The van der Waals surface area contributed by atoms with Crippen molar-refractivity contribution in [3.8, 4) is 11.1 Å². The van der Waals surface area contributed by atoms with Crippen molar-refractivity contribution in [3.63, 3.8) is 0 Å². The minimum Gasteiger partial charge on any atom is -0.748 e. The first-order valence-electron chi connectivity index (χ1n) is 21.1. The van der Waals surface area contributed by atoms with Crippen LogP contribution in [-0.4, -0.2) is 36.5 Å². The predicted molar refractivity (Wildman–Crippen MR) is 215 cm³/mol. The minimum atomic E-state index is -0.0301. The first kappa shape index (κ1) is 35.9. The number of hydrogen-bond donors (Lipinski definition) is 2. The Labute approximate surface area is 323 Å².